The Labute approximate surface area is 110 Å². The molecule has 0 aliphatic heterocycles. The fourth-order valence-corrected chi connectivity index (χ4v) is 2.98. The fourth-order valence-electron chi connectivity index (χ4n) is 2.98. The number of hydrogen-bond donors (Lipinski definition) is 1. The summed E-state index contributed by atoms with van der Waals surface area (Å²) in [5.41, 5.74) is 0.208. The van der Waals surface area contributed by atoms with Gasteiger partial charge in [0, 0.05) is 18.9 Å². The van der Waals surface area contributed by atoms with Crippen molar-refractivity contribution in [2.24, 2.45) is 17.3 Å². The average molecular weight is 259 g/mol. The molecule has 2 rings (SSSR count). The molecule has 1 nitrogen and oxygen atoms in total. The first kappa shape index (κ1) is 14.2. The Kier molecular flexibility index (Phi) is 4.01. The van der Waals surface area contributed by atoms with Crippen LogP contribution >= 0.6 is 0 Å². The first-order chi connectivity index (χ1) is 8.26. The van der Waals surface area contributed by atoms with Crippen molar-refractivity contribution in [2.45, 2.75) is 71.3 Å². The van der Waals surface area contributed by atoms with Crippen LogP contribution in [0.25, 0.3) is 0 Å². The molecule has 0 aromatic rings. The highest BCUT2D eigenvalue weighted by molar-refractivity contribution is 4.88. The van der Waals surface area contributed by atoms with Gasteiger partial charge in [-0.1, -0.05) is 20.8 Å². The van der Waals surface area contributed by atoms with E-state index in [9.17, 15) is 8.78 Å². The van der Waals surface area contributed by atoms with Crippen molar-refractivity contribution in [3.05, 3.63) is 0 Å². The predicted octanol–water partition coefficient (Wildman–Crippen LogP) is 4.23. The molecule has 0 radical (unpaired) electrons. The number of hydrogen-bond acceptors (Lipinski definition) is 1. The highest BCUT2D eigenvalue weighted by Gasteiger charge is 2.41. The highest BCUT2D eigenvalue weighted by atomic mass is 19.3. The molecule has 2 fully saturated rings. The zero-order chi connectivity index (χ0) is 13.4. The molecule has 0 saturated heterocycles. The lowest BCUT2D eigenvalue weighted by atomic mass is 9.75. The van der Waals surface area contributed by atoms with Crippen LogP contribution in [0.3, 0.4) is 0 Å². The van der Waals surface area contributed by atoms with Crippen molar-refractivity contribution >= 4 is 0 Å². The van der Waals surface area contributed by atoms with Crippen LogP contribution in [0.15, 0.2) is 0 Å². The number of rotatable bonds is 5. The zero-order valence-electron chi connectivity index (χ0n) is 11.9. The van der Waals surface area contributed by atoms with Crippen LogP contribution in [0.1, 0.15) is 59.3 Å². The van der Waals surface area contributed by atoms with E-state index in [4.69, 9.17) is 0 Å². The van der Waals surface area contributed by atoms with E-state index in [0.29, 0.717) is 18.4 Å². The Hall–Kier alpha value is -0.180. The standard InChI is InChI=1S/C15H27F2N/c1-14(2,3)12(10-18-13-4-5-13)8-11-6-7-15(16,17)9-11/h11-13,18H,4-10H2,1-3H3. The van der Waals surface area contributed by atoms with Crippen LogP contribution in [-0.2, 0) is 0 Å². The van der Waals surface area contributed by atoms with Gasteiger partial charge in [-0.3, -0.25) is 0 Å². The summed E-state index contributed by atoms with van der Waals surface area (Å²) in [6.07, 6.45) is 4.46. The van der Waals surface area contributed by atoms with Gasteiger partial charge in [-0.2, -0.15) is 0 Å². The minimum absolute atomic E-state index is 0.102. The summed E-state index contributed by atoms with van der Waals surface area (Å²) in [5, 5.41) is 3.57. The van der Waals surface area contributed by atoms with Crippen molar-refractivity contribution < 1.29 is 8.78 Å². The highest BCUT2D eigenvalue weighted by Crippen LogP contribution is 2.44. The van der Waals surface area contributed by atoms with Crippen LogP contribution in [0.2, 0.25) is 0 Å². The predicted molar refractivity (Wildman–Crippen MR) is 70.9 cm³/mol. The first-order valence-electron chi connectivity index (χ1n) is 7.37. The molecule has 1 N–H and O–H groups in total. The van der Waals surface area contributed by atoms with E-state index in [1.807, 2.05) is 0 Å². The smallest absolute Gasteiger partial charge is 0.248 e. The molecule has 2 aliphatic carbocycles. The molecule has 0 heterocycles. The van der Waals surface area contributed by atoms with Crippen molar-refractivity contribution in [2.75, 3.05) is 6.54 Å². The quantitative estimate of drug-likeness (QED) is 0.779. The molecule has 0 spiro atoms. The van der Waals surface area contributed by atoms with Crippen LogP contribution in [0.4, 0.5) is 8.78 Å². The van der Waals surface area contributed by atoms with E-state index in [2.05, 4.69) is 26.1 Å². The SMILES string of the molecule is CC(C)(C)C(CNC1CC1)CC1CCC(F)(F)C1. The molecule has 0 amide bonds. The lowest BCUT2D eigenvalue weighted by molar-refractivity contribution is 0.00301. The Bertz CT molecular complexity index is 279. The number of nitrogens with one attached hydrogen (secondary N) is 1. The summed E-state index contributed by atoms with van der Waals surface area (Å²) < 4.78 is 26.5. The second-order valence-corrected chi connectivity index (χ2v) is 7.45. The number of alkyl halides is 2. The maximum absolute atomic E-state index is 13.2. The topological polar surface area (TPSA) is 12.0 Å². The van der Waals surface area contributed by atoms with Gasteiger partial charge in [0.2, 0.25) is 5.92 Å². The normalized spacial score (nSPS) is 29.5. The Morgan fingerprint density at radius 2 is 1.89 bits per heavy atom. The van der Waals surface area contributed by atoms with Gasteiger partial charge < -0.3 is 5.32 Å². The summed E-state index contributed by atoms with van der Waals surface area (Å²) >= 11 is 0. The summed E-state index contributed by atoms with van der Waals surface area (Å²) in [6, 6.07) is 0.708. The molecule has 106 valence electrons. The largest absolute Gasteiger partial charge is 0.314 e. The summed E-state index contributed by atoms with van der Waals surface area (Å²) in [6.45, 7) is 7.70. The van der Waals surface area contributed by atoms with Gasteiger partial charge in [0.15, 0.2) is 0 Å². The lowest BCUT2D eigenvalue weighted by Crippen LogP contribution is -2.34. The monoisotopic (exact) mass is 259 g/mol. The second kappa shape index (κ2) is 5.07. The minimum Gasteiger partial charge on any atom is -0.314 e. The van der Waals surface area contributed by atoms with Gasteiger partial charge in [0.25, 0.3) is 0 Å². The van der Waals surface area contributed by atoms with Crippen molar-refractivity contribution in [3.63, 3.8) is 0 Å². The lowest BCUT2D eigenvalue weighted by Gasteiger charge is -2.33. The zero-order valence-corrected chi connectivity index (χ0v) is 11.9. The molecule has 18 heavy (non-hydrogen) atoms. The van der Waals surface area contributed by atoms with Crippen molar-refractivity contribution in [1.82, 2.24) is 5.32 Å². The van der Waals surface area contributed by atoms with E-state index >= 15 is 0 Å². The molecule has 0 aromatic carbocycles. The summed E-state index contributed by atoms with van der Waals surface area (Å²) in [7, 11) is 0. The van der Waals surface area contributed by atoms with Crippen LogP contribution in [-0.4, -0.2) is 18.5 Å². The van der Waals surface area contributed by atoms with Crippen LogP contribution < -0.4 is 5.32 Å². The third-order valence-corrected chi connectivity index (χ3v) is 4.58. The van der Waals surface area contributed by atoms with E-state index in [-0.39, 0.29) is 24.2 Å². The third-order valence-electron chi connectivity index (χ3n) is 4.58. The van der Waals surface area contributed by atoms with Crippen LogP contribution in [0, 0.1) is 17.3 Å². The Morgan fingerprint density at radius 1 is 1.22 bits per heavy atom. The molecule has 3 heteroatoms. The second-order valence-electron chi connectivity index (χ2n) is 7.45. The maximum Gasteiger partial charge on any atom is 0.248 e. The molecule has 2 unspecified atom stereocenters. The fraction of sp³-hybridized carbons (Fsp3) is 1.00. The molecule has 2 aliphatic rings. The first-order valence-corrected chi connectivity index (χ1v) is 7.37. The molecule has 2 saturated carbocycles. The Morgan fingerprint density at radius 3 is 2.33 bits per heavy atom. The molecular weight excluding hydrogens is 232 g/mol. The molecule has 0 aromatic heterocycles. The van der Waals surface area contributed by atoms with Gasteiger partial charge >= 0.3 is 0 Å². The third kappa shape index (κ3) is 4.18. The van der Waals surface area contributed by atoms with Crippen molar-refractivity contribution in [1.29, 1.82) is 0 Å². The van der Waals surface area contributed by atoms with Gasteiger partial charge in [-0.15, -0.1) is 0 Å². The Balaban J connectivity index is 1.84. The van der Waals surface area contributed by atoms with Gasteiger partial charge in [-0.25, -0.2) is 8.78 Å². The van der Waals surface area contributed by atoms with Gasteiger partial charge in [-0.05, 0) is 49.5 Å². The van der Waals surface area contributed by atoms with Gasteiger partial charge in [0.05, 0.1) is 0 Å². The minimum atomic E-state index is -2.39. The number of halogens is 2. The van der Waals surface area contributed by atoms with E-state index in [1.165, 1.54) is 12.8 Å². The molecular formula is C15H27F2N. The molecule has 2 atom stereocenters. The van der Waals surface area contributed by atoms with E-state index in [1.54, 1.807) is 0 Å². The van der Waals surface area contributed by atoms with E-state index in [0.717, 1.165) is 13.0 Å². The molecule has 0 bridgehead atoms. The summed E-state index contributed by atoms with van der Waals surface area (Å²) in [4.78, 5) is 0. The van der Waals surface area contributed by atoms with Crippen molar-refractivity contribution in [3.8, 4) is 0 Å². The summed E-state index contributed by atoms with van der Waals surface area (Å²) in [5.74, 6) is -1.65. The average Bonchev–Trinajstić information content (AvgIpc) is 2.97. The van der Waals surface area contributed by atoms with E-state index < -0.39 is 5.92 Å². The van der Waals surface area contributed by atoms with Crippen LogP contribution in [0.5, 0.6) is 0 Å². The van der Waals surface area contributed by atoms with Gasteiger partial charge in [0.1, 0.15) is 0 Å². The maximum atomic E-state index is 13.2.